The van der Waals surface area contributed by atoms with Crippen molar-refractivity contribution >= 4 is 28.0 Å². The molecule has 1 aliphatic rings. The quantitative estimate of drug-likeness (QED) is 0.406. The molecule has 1 aromatic heterocycles. The molecule has 0 bridgehead atoms. The van der Waals surface area contributed by atoms with Crippen molar-refractivity contribution in [3.05, 3.63) is 53.5 Å². The van der Waals surface area contributed by atoms with E-state index in [9.17, 15) is 22.7 Å². The van der Waals surface area contributed by atoms with Crippen molar-refractivity contribution in [1.29, 1.82) is 0 Å². The van der Waals surface area contributed by atoms with E-state index in [1.807, 2.05) is 19.1 Å². The molecule has 6 nitrogen and oxygen atoms in total. The van der Waals surface area contributed by atoms with Crippen LogP contribution in [0.3, 0.4) is 0 Å². The molecular weight excluding hydrogens is 426 g/mol. The summed E-state index contributed by atoms with van der Waals surface area (Å²) in [7, 11) is 0. The number of nitrogen functional groups attached to an aromatic ring is 1. The maximum absolute atomic E-state index is 14.5. The molecule has 0 atom stereocenters. The second kappa shape index (κ2) is 8.09. The highest BCUT2D eigenvalue weighted by Crippen LogP contribution is 2.35. The van der Waals surface area contributed by atoms with E-state index in [-0.39, 0.29) is 17.8 Å². The monoisotopic (exact) mass is 449 g/mol. The minimum absolute atomic E-state index is 0.170. The standard InChI is InChI=1S/C22H23F4N5O/c1-21(32)4-6-31(7-5-21)15-2-3-18-16(10-15)19(12-29-30-18)28-11-13-8-14(27)9-17(20(13)23)22(24,25)26/h2-3,8-10,12,32H,4-7,11,27H2,1H3,(H,28,30). The van der Waals surface area contributed by atoms with Gasteiger partial charge in [0, 0.05) is 42.0 Å². The van der Waals surface area contributed by atoms with Gasteiger partial charge < -0.3 is 21.1 Å². The largest absolute Gasteiger partial charge is 0.419 e. The van der Waals surface area contributed by atoms with Gasteiger partial charge >= 0.3 is 6.18 Å². The first-order valence-electron chi connectivity index (χ1n) is 10.2. The highest BCUT2D eigenvalue weighted by atomic mass is 19.4. The number of halogens is 4. The van der Waals surface area contributed by atoms with Gasteiger partial charge in [0.15, 0.2) is 0 Å². The molecule has 10 heteroatoms. The zero-order valence-corrected chi connectivity index (χ0v) is 17.4. The molecule has 4 rings (SSSR count). The Morgan fingerprint density at radius 3 is 2.59 bits per heavy atom. The van der Waals surface area contributed by atoms with Crippen molar-refractivity contribution in [1.82, 2.24) is 10.2 Å². The van der Waals surface area contributed by atoms with Crippen molar-refractivity contribution in [3.63, 3.8) is 0 Å². The molecule has 1 fully saturated rings. The third kappa shape index (κ3) is 4.55. The lowest BCUT2D eigenvalue weighted by Gasteiger charge is -2.37. The number of nitrogens with two attached hydrogens (primary N) is 1. The number of nitrogens with one attached hydrogen (secondary N) is 1. The number of rotatable bonds is 4. The molecule has 1 aliphatic heterocycles. The van der Waals surface area contributed by atoms with Crippen LogP contribution in [0.1, 0.15) is 30.9 Å². The third-order valence-corrected chi connectivity index (χ3v) is 5.77. The van der Waals surface area contributed by atoms with Crippen LogP contribution in [0.25, 0.3) is 10.9 Å². The molecule has 0 unspecified atom stereocenters. The molecule has 0 spiro atoms. The fourth-order valence-corrected chi connectivity index (χ4v) is 3.86. The Balaban J connectivity index is 1.61. The molecule has 0 radical (unpaired) electrons. The fourth-order valence-electron chi connectivity index (χ4n) is 3.86. The SMILES string of the molecule is CC1(O)CCN(c2ccc3nncc(NCc4cc(N)cc(C(F)(F)F)c4F)c3c2)CC1. The Labute approximate surface area is 182 Å². The van der Waals surface area contributed by atoms with Crippen LogP contribution in [-0.2, 0) is 12.7 Å². The zero-order valence-electron chi connectivity index (χ0n) is 17.4. The maximum atomic E-state index is 14.5. The molecular formula is C22H23F4N5O. The summed E-state index contributed by atoms with van der Waals surface area (Å²) < 4.78 is 53.7. The summed E-state index contributed by atoms with van der Waals surface area (Å²) in [5.74, 6) is -1.36. The van der Waals surface area contributed by atoms with Crippen LogP contribution in [0.5, 0.6) is 0 Å². The first-order valence-corrected chi connectivity index (χ1v) is 10.2. The van der Waals surface area contributed by atoms with E-state index in [0.717, 1.165) is 5.69 Å². The summed E-state index contributed by atoms with van der Waals surface area (Å²) in [6.07, 6.45) is -2.11. The Kier molecular flexibility index (Phi) is 5.58. The van der Waals surface area contributed by atoms with Gasteiger partial charge in [-0.25, -0.2) is 4.39 Å². The van der Waals surface area contributed by atoms with Crippen LogP contribution in [0.2, 0.25) is 0 Å². The Morgan fingerprint density at radius 2 is 1.91 bits per heavy atom. The van der Waals surface area contributed by atoms with Crippen LogP contribution in [0.4, 0.5) is 34.6 Å². The lowest BCUT2D eigenvalue weighted by atomic mass is 9.93. The van der Waals surface area contributed by atoms with Crippen LogP contribution >= 0.6 is 0 Å². The van der Waals surface area contributed by atoms with E-state index in [1.54, 1.807) is 6.07 Å². The van der Waals surface area contributed by atoms with Gasteiger partial charge in [0.1, 0.15) is 5.82 Å². The highest BCUT2D eigenvalue weighted by molar-refractivity contribution is 5.92. The van der Waals surface area contributed by atoms with Gasteiger partial charge in [-0.3, -0.25) is 0 Å². The molecule has 3 aromatic rings. The predicted molar refractivity (Wildman–Crippen MR) is 115 cm³/mol. The summed E-state index contributed by atoms with van der Waals surface area (Å²) in [4.78, 5) is 2.15. The Bertz CT molecular complexity index is 1140. The minimum atomic E-state index is -4.84. The molecule has 0 amide bonds. The van der Waals surface area contributed by atoms with Crippen LogP contribution in [0, 0.1) is 5.82 Å². The van der Waals surface area contributed by atoms with Gasteiger partial charge in [-0.15, -0.1) is 0 Å². The maximum Gasteiger partial charge on any atom is 0.419 e. The number of hydrogen-bond acceptors (Lipinski definition) is 6. The third-order valence-electron chi connectivity index (χ3n) is 5.77. The van der Waals surface area contributed by atoms with Crippen molar-refractivity contribution < 1.29 is 22.7 Å². The average molecular weight is 449 g/mol. The van der Waals surface area contributed by atoms with Gasteiger partial charge in [0.25, 0.3) is 0 Å². The van der Waals surface area contributed by atoms with Gasteiger partial charge in [-0.1, -0.05) is 0 Å². The number of nitrogens with zero attached hydrogens (tertiary/aromatic N) is 3. The molecule has 0 aliphatic carbocycles. The van der Waals surface area contributed by atoms with Crippen LogP contribution in [0.15, 0.2) is 36.5 Å². The molecule has 1 saturated heterocycles. The van der Waals surface area contributed by atoms with Crippen LogP contribution in [-0.4, -0.2) is 34.0 Å². The number of piperidine rings is 1. The minimum Gasteiger partial charge on any atom is -0.399 e. The molecule has 2 heterocycles. The number of hydrogen-bond donors (Lipinski definition) is 3. The van der Waals surface area contributed by atoms with E-state index in [2.05, 4.69) is 20.4 Å². The lowest BCUT2D eigenvalue weighted by Crippen LogP contribution is -2.42. The second-order valence-corrected chi connectivity index (χ2v) is 8.34. The average Bonchev–Trinajstić information content (AvgIpc) is 2.73. The normalized spacial score (nSPS) is 16.4. The summed E-state index contributed by atoms with van der Waals surface area (Å²) in [6, 6.07) is 7.39. The van der Waals surface area contributed by atoms with E-state index in [1.165, 1.54) is 12.3 Å². The molecule has 2 aromatic carbocycles. The highest BCUT2D eigenvalue weighted by Gasteiger charge is 2.35. The molecule has 32 heavy (non-hydrogen) atoms. The van der Waals surface area contributed by atoms with E-state index >= 15 is 0 Å². The number of aliphatic hydroxyl groups is 1. The van der Waals surface area contributed by atoms with E-state index < -0.39 is 23.2 Å². The number of anilines is 3. The first kappa shape index (κ1) is 22.1. The van der Waals surface area contributed by atoms with Gasteiger partial charge in [0.2, 0.25) is 0 Å². The summed E-state index contributed by atoms with van der Waals surface area (Å²) in [5.41, 5.74) is 5.16. The molecule has 4 N–H and O–H groups in total. The molecule has 0 saturated carbocycles. The number of aromatic nitrogens is 2. The van der Waals surface area contributed by atoms with Crippen molar-refractivity contribution in [2.24, 2.45) is 0 Å². The predicted octanol–water partition coefficient (Wildman–Crippen LogP) is 4.33. The van der Waals surface area contributed by atoms with Crippen molar-refractivity contribution in [2.45, 2.75) is 38.1 Å². The Hall–Kier alpha value is -3.14. The van der Waals surface area contributed by atoms with Crippen LogP contribution < -0.4 is 16.0 Å². The first-order chi connectivity index (χ1) is 15.0. The molecule has 170 valence electrons. The summed E-state index contributed by atoms with van der Waals surface area (Å²) in [6.45, 7) is 2.99. The number of fused-ring (bicyclic) bond motifs is 1. The number of alkyl halides is 3. The van der Waals surface area contributed by atoms with Crippen molar-refractivity contribution in [2.75, 3.05) is 29.0 Å². The smallest absolute Gasteiger partial charge is 0.399 e. The lowest BCUT2D eigenvalue weighted by molar-refractivity contribution is -0.140. The van der Waals surface area contributed by atoms with Gasteiger partial charge in [-0.2, -0.15) is 23.4 Å². The summed E-state index contributed by atoms with van der Waals surface area (Å²) >= 11 is 0. The Morgan fingerprint density at radius 1 is 1.19 bits per heavy atom. The number of benzene rings is 2. The van der Waals surface area contributed by atoms with Gasteiger partial charge in [0.05, 0.1) is 28.6 Å². The van der Waals surface area contributed by atoms with Gasteiger partial charge in [-0.05, 0) is 50.1 Å². The summed E-state index contributed by atoms with van der Waals surface area (Å²) in [5, 5.41) is 21.9. The van der Waals surface area contributed by atoms with E-state index in [0.29, 0.717) is 48.6 Å². The van der Waals surface area contributed by atoms with E-state index in [4.69, 9.17) is 5.73 Å². The fraction of sp³-hybridized carbons (Fsp3) is 0.364. The second-order valence-electron chi connectivity index (χ2n) is 8.34. The van der Waals surface area contributed by atoms with Crippen molar-refractivity contribution in [3.8, 4) is 0 Å². The topological polar surface area (TPSA) is 87.3 Å². The zero-order chi connectivity index (χ0) is 23.1.